The topological polar surface area (TPSA) is 56.3 Å². The number of pyridine rings is 1. The van der Waals surface area contributed by atoms with Crippen LogP contribution in [0, 0.1) is 0 Å². The van der Waals surface area contributed by atoms with Gasteiger partial charge in [0.25, 0.3) is 0 Å². The maximum Gasteiger partial charge on any atom is 0.231 e. The summed E-state index contributed by atoms with van der Waals surface area (Å²) in [6.45, 7) is 0.280. The number of fused-ring (bicyclic) bond motifs is 1. The summed E-state index contributed by atoms with van der Waals surface area (Å²) < 4.78 is 10.7. The SMILES string of the molecule is c1ccc(Nc2nc(-c3ccc4c(c3)OCO4)cs2)nc1. The highest BCUT2D eigenvalue weighted by Gasteiger charge is 2.15. The number of ether oxygens (including phenoxy) is 2. The van der Waals surface area contributed by atoms with Gasteiger partial charge in [-0.05, 0) is 30.3 Å². The second kappa shape index (κ2) is 5.06. The number of hydrogen-bond donors (Lipinski definition) is 1. The Morgan fingerprint density at radius 1 is 1.10 bits per heavy atom. The number of aromatic nitrogens is 2. The minimum absolute atomic E-state index is 0.280. The molecule has 104 valence electrons. The van der Waals surface area contributed by atoms with Gasteiger partial charge < -0.3 is 14.8 Å². The third-order valence-corrected chi connectivity index (χ3v) is 3.83. The molecule has 0 saturated carbocycles. The first-order chi connectivity index (χ1) is 10.4. The highest BCUT2D eigenvalue weighted by atomic mass is 32.1. The molecular weight excluding hydrogens is 286 g/mol. The van der Waals surface area contributed by atoms with Gasteiger partial charge in [-0.2, -0.15) is 0 Å². The van der Waals surface area contributed by atoms with Crippen molar-refractivity contribution in [1.29, 1.82) is 0 Å². The van der Waals surface area contributed by atoms with Crippen molar-refractivity contribution in [2.75, 3.05) is 12.1 Å². The molecule has 0 atom stereocenters. The zero-order valence-electron chi connectivity index (χ0n) is 10.9. The van der Waals surface area contributed by atoms with E-state index >= 15 is 0 Å². The lowest BCUT2D eigenvalue weighted by molar-refractivity contribution is 0.174. The second-order valence-electron chi connectivity index (χ2n) is 4.45. The van der Waals surface area contributed by atoms with Gasteiger partial charge in [-0.1, -0.05) is 6.07 Å². The molecule has 1 aliphatic heterocycles. The Labute approximate surface area is 125 Å². The van der Waals surface area contributed by atoms with Gasteiger partial charge >= 0.3 is 0 Å². The Hall–Kier alpha value is -2.60. The zero-order chi connectivity index (χ0) is 14.1. The first-order valence-corrected chi connectivity index (χ1v) is 7.30. The Morgan fingerprint density at radius 3 is 2.95 bits per heavy atom. The van der Waals surface area contributed by atoms with Crippen LogP contribution in [0.4, 0.5) is 10.9 Å². The largest absolute Gasteiger partial charge is 0.454 e. The van der Waals surface area contributed by atoms with E-state index in [4.69, 9.17) is 9.47 Å². The molecule has 3 heterocycles. The molecule has 3 aromatic rings. The Balaban J connectivity index is 1.59. The van der Waals surface area contributed by atoms with Crippen LogP contribution in [-0.4, -0.2) is 16.8 Å². The van der Waals surface area contributed by atoms with E-state index in [-0.39, 0.29) is 6.79 Å². The van der Waals surface area contributed by atoms with Crippen LogP contribution in [0.2, 0.25) is 0 Å². The molecule has 4 rings (SSSR count). The lowest BCUT2D eigenvalue weighted by atomic mass is 10.1. The first-order valence-electron chi connectivity index (χ1n) is 6.42. The fourth-order valence-electron chi connectivity index (χ4n) is 2.07. The fraction of sp³-hybridized carbons (Fsp3) is 0.0667. The van der Waals surface area contributed by atoms with Crippen molar-refractivity contribution in [2.45, 2.75) is 0 Å². The number of hydrogen-bond acceptors (Lipinski definition) is 6. The molecule has 0 aliphatic carbocycles. The molecule has 5 nitrogen and oxygen atoms in total. The molecule has 1 aromatic carbocycles. The van der Waals surface area contributed by atoms with Crippen LogP contribution in [0.5, 0.6) is 11.5 Å². The normalized spacial score (nSPS) is 12.4. The van der Waals surface area contributed by atoms with E-state index in [2.05, 4.69) is 15.3 Å². The summed E-state index contributed by atoms with van der Waals surface area (Å²) in [6, 6.07) is 11.5. The molecule has 1 aliphatic rings. The van der Waals surface area contributed by atoms with Crippen molar-refractivity contribution < 1.29 is 9.47 Å². The highest BCUT2D eigenvalue weighted by molar-refractivity contribution is 7.14. The van der Waals surface area contributed by atoms with E-state index in [9.17, 15) is 0 Å². The van der Waals surface area contributed by atoms with Gasteiger partial charge in [0.05, 0.1) is 5.69 Å². The Kier molecular flexibility index (Phi) is 2.93. The standard InChI is InChI=1S/C15H11N3O2S/c1-2-6-16-14(3-1)18-15-17-11(8-21-15)10-4-5-12-13(7-10)20-9-19-12/h1-8H,9H2,(H,16,17,18). The molecule has 0 saturated heterocycles. The average Bonchev–Trinajstić information content (AvgIpc) is 3.16. The zero-order valence-corrected chi connectivity index (χ0v) is 11.8. The number of nitrogens with zero attached hydrogens (tertiary/aromatic N) is 2. The lowest BCUT2D eigenvalue weighted by Gasteiger charge is -2.01. The molecule has 0 fully saturated rings. The van der Waals surface area contributed by atoms with Crippen molar-refractivity contribution in [3.63, 3.8) is 0 Å². The maximum atomic E-state index is 5.39. The van der Waals surface area contributed by atoms with E-state index in [1.807, 2.05) is 41.8 Å². The third kappa shape index (κ3) is 2.41. The molecular formula is C15H11N3O2S. The number of rotatable bonds is 3. The average molecular weight is 297 g/mol. The summed E-state index contributed by atoms with van der Waals surface area (Å²) in [5.41, 5.74) is 1.90. The fourth-order valence-corrected chi connectivity index (χ4v) is 2.79. The van der Waals surface area contributed by atoms with Crippen LogP contribution in [0.15, 0.2) is 48.0 Å². The van der Waals surface area contributed by atoms with Gasteiger partial charge in [0, 0.05) is 17.1 Å². The van der Waals surface area contributed by atoms with E-state index in [0.717, 1.165) is 33.7 Å². The Bertz CT molecular complexity index is 774. The minimum Gasteiger partial charge on any atom is -0.454 e. The summed E-state index contributed by atoms with van der Waals surface area (Å²) in [6.07, 6.45) is 1.74. The summed E-state index contributed by atoms with van der Waals surface area (Å²) in [5, 5.41) is 6.00. The smallest absolute Gasteiger partial charge is 0.231 e. The summed E-state index contributed by atoms with van der Waals surface area (Å²) in [5.74, 6) is 2.32. The minimum atomic E-state index is 0.280. The summed E-state index contributed by atoms with van der Waals surface area (Å²) >= 11 is 1.54. The molecule has 0 radical (unpaired) electrons. The summed E-state index contributed by atoms with van der Waals surface area (Å²) in [7, 11) is 0. The number of thiazole rings is 1. The van der Waals surface area contributed by atoms with E-state index < -0.39 is 0 Å². The molecule has 6 heteroatoms. The van der Waals surface area contributed by atoms with Crippen molar-refractivity contribution >= 4 is 22.3 Å². The molecule has 0 amide bonds. The number of benzene rings is 1. The van der Waals surface area contributed by atoms with Crippen molar-refractivity contribution in [2.24, 2.45) is 0 Å². The van der Waals surface area contributed by atoms with Gasteiger partial charge in [-0.15, -0.1) is 11.3 Å². The van der Waals surface area contributed by atoms with Crippen LogP contribution in [-0.2, 0) is 0 Å². The van der Waals surface area contributed by atoms with Crippen molar-refractivity contribution in [3.05, 3.63) is 48.0 Å². The monoisotopic (exact) mass is 297 g/mol. The van der Waals surface area contributed by atoms with Crippen molar-refractivity contribution in [1.82, 2.24) is 9.97 Å². The molecule has 1 N–H and O–H groups in total. The predicted octanol–water partition coefficient (Wildman–Crippen LogP) is 3.68. The number of nitrogens with one attached hydrogen (secondary N) is 1. The van der Waals surface area contributed by atoms with Crippen LogP contribution in [0.3, 0.4) is 0 Å². The van der Waals surface area contributed by atoms with E-state index in [1.54, 1.807) is 6.20 Å². The molecule has 21 heavy (non-hydrogen) atoms. The number of anilines is 2. The molecule has 0 unspecified atom stereocenters. The van der Waals surface area contributed by atoms with E-state index in [0.29, 0.717) is 0 Å². The van der Waals surface area contributed by atoms with E-state index in [1.165, 1.54) is 11.3 Å². The highest BCUT2D eigenvalue weighted by Crippen LogP contribution is 2.36. The lowest BCUT2D eigenvalue weighted by Crippen LogP contribution is -1.92. The van der Waals surface area contributed by atoms with Gasteiger partial charge in [0.1, 0.15) is 5.82 Å². The molecule has 0 bridgehead atoms. The van der Waals surface area contributed by atoms with Gasteiger partial charge in [-0.3, -0.25) is 0 Å². The second-order valence-corrected chi connectivity index (χ2v) is 5.30. The van der Waals surface area contributed by atoms with Crippen LogP contribution in [0.25, 0.3) is 11.3 Å². The van der Waals surface area contributed by atoms with Crippen molar-refractivity contribution in [3.8, 4) is 22.8 Å². The third-order valence-electron chi connectivity index (χ3n) is 3.07. The molecule has 2 aromatic heterocycles. The van der Waals surface area contributed by atoms with Crippen LogP contribution >= 0.6 is 11.3 Å². The van der Waals surface area contributed by atoms with Gasteiger partial charge in [0.15, 0.2) is 16.6 Å². The van der Waals surface area contributed by atoms with Crippen LogP contribution < -0.4 is 14.8 Å². The summed E-state index contributed by atoms with van der Waals surface area (Å²) in [4.78, 5) is 8.79. The Morgan fingerprint density at radius 2 is 2.05 bits per heavy atom. The predicted molar refractivity (Wildman–Crippen MR) is 81.2 cm³/mol. The molecule has 0 spiro atoms. The van der Waals surface area contributed by atoms with Gasteiger partial charge in [-0.25, -0.2) is 9.97 Å². The quantitative estimate of drug-likeness (QED) is 0.799. The first kappa shape index (κ1) is 12.2. The van der Waals surface area contributed by atoms with Gasteiger partial charge in [0.2, 0.25) is 6.79 Å². The van der Waals surface area contributed by atoms with Crippen LogP contribution in [0.1, 0.15) is 0 Å². The maximum absolute atomic E-state index is 5.39.